The molecule has 260 valence electrons. The van der Waals surface area contributed by atoms with Crippen LogP contribution in [0.4, 0.5) is 0 Å². The zero-order valence-electron chi connectivity index (χ0n) is 30.6. The van der Waals surface area contributed by atoms with Crippen molar-refractivity contribution in [1.29, 1.82) is 0 Å². The van der Waals surface area contributed by atoms with Crippen molar-refractivity contribution in [2.24, 2.45) is 0 Å². The van der Waals surface area contributed by atoms with Crippen LogP contribution >= 0.6 is 0 Å². The van der Waals surface area contributed by atoms with Crippen LogP contribution in [0, 0.1) is 27.7 Å². The first-order valence-electron chi connectivity index (χ1n) is 15.9. The van der Waals surface area contributed by atoms with Crippen LogP contribution in [0.15, 0.2) is 146 Å². The van der Waals surface area contributed by atoms with E-state index in [4.69, 9.17) is 0 Å². The van der Waals surface area contributed by atoms with Crippen LogP contribution in [0.5, 0.6) is 0 Å². The monoisotopic (exact) mass is 1060 g/mol. The molecular formula is C44H48Cl2Hf2Si2-6. The van der Waals surface area contributed by atoms with Crippen molar-refractivity contribution in [3.63, 3.8) is 0 Å². The van der Waals surface area contributed by atoms with Crippen molar-refractivity contribution < 1.29 is 76.5 Å². The van der Waals surface area contributed by atoms with Crippen LogP contribution in [0.3, 0.4) is 0 Å². The van der Waals surface area contributed by atoms with Gasteiger partial charge in [0.05, 0.1) is 0 Å². The van der Waals surface area contributed by atoms with Crippen molar-refractivity contribution in [2.75, 3.05) is 0 Å². The molecule has 0 saturated carbocycles. The molecule has 0 N–H and O–H groups in total. The summed E-state index contributed by atoms with van der Waals surface area (Å²) in [5.41, 5.74) is 5.39. The minimum atomic E-state index is 0. The summed E-state index contributed by atoms with van der Waals surface area (Å²) in [6.07, 6.45) is 0. The third-order valence-electron chi connectivity index (χ3n) is 7.05. The maximum absolute atomic E-state index is 2.20. The molecule has 8 aromatic rings. The van der Waals surface area contributed by atoms with Gasteiger partial charge in [0.1, 0.15) is 0 Å². The first-order chi connectivity index (χ1) is 22.3. The maximum Gasteiger partial charge on any atom is 0.0307 e. The number of rotatable bonds is 0. The molecule has 0 nitrogen and oxygen atoms in total. The quantitative estimate of drug-likeness (QED) is 0.113. The molecule has 0 heterocycles. The van der Waals surface area contributed by atoms with E-state index >= 15 is 0 Å². The first kappa shape index (κ1) is 50.2. The molecule has 4 radical (unpaired) electrons. The fourth-order valence-corrected chi connectivity index (χ4v) is 5.22. The topological polar surface area (TPSA) is 0 Å². The van der Waals surface area contributed by atoms with Crippen molar-refractivity contribution in [1.82, 2.24) is 0 Å². The second kappa shape index (κ2) is 27.7. The summed E-state index contributed by atoms with van der Waals surface area (Å²) in [6.45, 7) is 17.1. The molecule has 50 heavy (non-hydrogen) atoms. The maximum atomic E-state index is 2.20. The van der Waals surface area contributed by atoms with Gasteiger partial charge in [-0.3, -0.25) is 0 Å². The number of hydrogen-bond donors (Lipinski definition) is 0. The van der Waals surface area contributed by atoms with E-state index in [-0.39, 0.29) is 76.5 Å². The van der Waals surface area contributed by atoms with Gasteiger partial charge in [-0.1, -0.05) is 78.1 Å². The molecule has 0 fully saturated rings. The van der Waals surface area contributed by atoms with Crippen molar-refractivity contribution in [3.8, 4) is 0 Å². The fourth-order valence-electron chi connectivity index (χ4n) is 5.22. The Morgan fingerprint density at radius 3 is 0.660 bits per heavy atom. The zero-order chi connectivity index (χ0) is 33.3. The Labute approximate surface area is 357 Å². The summed E-state index contributed by atoms with van der Waals surface area (Å²) in [5.74, 6) is 0. The van der Waals surface area contributed by atoms with Crippen LogP contribution < -0.4 is 24.8 Å². The van der Waals surface area contributed by atoms with Crippen molar-refractivity contribution in [2.45, 2.75) is 53.9 Å². The van der Waals surface area contributed by atoms with Gasteiger partial charge in [0.2, 0.25) is 0 Å². The van der Waals surface area contributed by atoms with Gasteiger partial charge in [-0.25, -0.2) is 0 Å². The van der Waals surface area contributed by atoms with Gasteiger partial charge in [-0.05, 0) is 0 Å². The zero-order valence-corrected chi connectivity index (χ0v) is 41.3. The molecule has 0 unspecified atom stereocenters. The standard InChI is InChI=1S/4C10H9.2C2H6Si.2ClH.2Hf/c4*1-8-6-9-4-2-3-5-10(9)7-8;2*1-3-2;;;;/h4*2-7H,1H3;2*1-2H3;2*1H;;/q4*-1;;;;;;/p-2. The summed E-state index contributed by atoms with van der Waals surface area (Å²) in [4.78, 5) is 0. The van der Waals surface area contributed by atoms with Gasteiger partial charge >= 0.3 is 0 Å². The smallest absolute Gasteiger partial charge is 0.0307 e. The Balaban J connectivity index is 0. The van der Waals surface area contributed by atoms with Gasteiger partial charge in [-0.15, -0.1) is 162 Å². The van der Waals surface area contributed by atoms with E-state index in [1.54, 1.807) is 0 Å². The molecule has 0 spiro atoms. The third kappa shape index (κ3) is 17.1. The fraction of sp³-hybridized carbons (Fsp3) is 0.182. The summed E-state index contributed by atoms with van der Waals surface area (Å²) in [5, 5.41) is 10.8. The van der Waals surface area contributed by atoms with Crippen molar-refractivity contribution >= 4 is 62.1 Å². The number of aryl methyl sites for hydroxylation is 4. The van der Waals surface area contributed by atoms with Gasteiger partial charge in [0.15, 0.2) is 0 Å². The van der Waals surface area contributed by atoms with E-state index < -0.39 is 0 Å². The SMILES string of the molecule is C[Si]C.C[Si]C.Cc1cc2ccccc2[cH-]1.Cc1cc2ccccc2[cH-]1.Cc1cc2ccccc2[cH-]1.Cc1cc2ccccc2[cH-]1.[Cl-].[Cl-].[Hf].[Hf]. The van der Waals surface area contributed by atoms with Crippen LogP contribution in [0.2, 0.25) is 26.2 Å². The molecule has 0 aliphatic carbocycles. The minimum Gasteiger partial charge on any atom is -1.00 e. The Morgan fingerprint density at radius 2 is 0.500 bits per heavy atom. The molecule has 0 bridgehead atoms. The largest absolute Gasteiger partial charge is 1.00 e. The predicted molar refractivity (Wildman–Crippen MR) is 212 cm³/mol. The van der Waals surface area contributed by atoms with Crippen LogP contribution in [0.25, 0.3) is 43.1 Å². The summed E-state index contributed by atoms with van der Waals surface area (Å²) in [6, 6.07) is 51.3. The van der Waals surface area contributed by atoms with Crippen LogP contribution in [0.1, 0.15) is 22.3 Å². The third-order valence-corrected chi connectivity index (χ3v) is 7.05. The van der Waals surface area contributed by atoms with Crippen molar-refractivity contribution in [3.05, 3.63) is 168 Å². The normalized spacial score (nSPS) is 9.12. The van der Waals surface area contributed by atoms with E-state index in [1.165, 1.54) is 65.3 Å². The average molecular weight is 1060 g/mol. The Morgan fingerprint density at radius 1 is 0.340 bits per heavy atom. The van der Waals surface area contributed by atoms with Crippen LogP contribution in [-0.4, -0.2) is 19.0 Å². The van der Waals surface area contributed by atoms with E-state index in [0.717, 1.165) is 19.0 Å². The van der Waals surface area contributed by atoms with Gasteiger partial charge in [0.25, 0.3) is 0 Å². The second-order valence-corrected chi connectivity index (χ2v) is 13.6. The number of hydrogen-bond acceptors (Lipinski definition) is 0. The Hall–Kier alpha value is -1.93. The Kier molecular flexibility index (Phi) is 27.8. The Bertz CT molecular complexity index is 1590. The van der Waals surface area contributed by atoms with E-state index in [9.17, 15) is 0 Å². The van der Waals surface area contributed by atoms with E-state index in [1.807, 2.05) is 0 Å². The first-order valence-corrected chi connectivity index (χ1v) is 19.9. The van der Waals surface area contributed by atoms with E-state index in [2.05, 4.69) is 199 Å². The number of halogens is 2. The van der Waals surface area contributed by atoms with E-state index in [0.29, 0.717) is 0 Å². The summed E-state index contributed by atoms with van der Waals surface area (Å²) < 4.78 is 0. The molecule has 0 atom stereocenters. The molecule has 0 amide bonds. The molecule has 8 aromatic carbocycles. The van der Waals surface area contributed by atoms with Gasteiger partial charge < -0.3 is 24.8 Å². The van der Waals surface area contributed by atoms with Gasteiger partial charge in [-0.2, -0.15) is 24.3 Å². The number of benzene rings is 4. The molecular weight excluding hydrogens is 1010 g/mol. The molecule has 8 rings (SSSR count). The molecule has 0 aromatic heterocycles. The number of fused-ring (bicyclic) bond motifs is 4. The summed E-state index contributed by atoms with van der Waals surface area (Å²) in [7, 11) is 2.17. The second-order valence-electron chi connectivity index (χ2n) is 11.6. The van der Waals surface area contributed by atoms with Crippen LogP contribution in [-0.2, 0) is 51.7 Å². The predicted octanol–water partition coefficient (Wildman–Crippen LogP) is 7.05. The molecule has 0 saturated heterocycles. The van der Waals surface area contributed by atoms with Gasteiger partial charge in [0, 0.05) is 70.7 Å². The molecule has 0 aliphatic heterocycles. The average Bonchev–Trinajstić information content (AvgIpc) is 3.80. The molecule has 0 aliphatic rings. The minimum absolute atomic E-state index is 0. The molecule has 6 heteroatoms. The summed E-state index contributed by atoms with van der Waals surface area (Å²) >= 11 is 0.